The molecular weight excluding hydrogens is 359 g/mol. The maximum atomic E-state index is 13.7. The van der Waals surface area contributed by atoms with E-state index in [9.17, 15) is 17.6 Å². The van der Waals surface area contributed by atoms with Gasteiger partial charge in [0.15, 0.2) is 11.6 Å². The number of methoxy groups -OCH3 is 1. The minimum absolute atomic E-state index is 0.0510. The van der Waals surface area contributed by atoms with Crippen LogP contribution in [0.4, 0.5) is 10.1 Å². The fourth-order valence-corrected chi connectivity index (χ4v) is 3.51. The number of sulfonamides is 1. The highest BCUT2D eigenvalue weighted by Gasteiger charge is 2.20. The van der Waals surface area contributed by atoms with Crippen molar-refractivity contribution in [1.29, 1.82) is 0 Å². The number of nitrogens with one attached hydrogen (secondary N) is 1. The van der Waals surface area contributed by atoms with Crippen molar-refractivity contribution in [3.05, 3.63) is 53.3 Å². The fraction of sp³-hybridized carbons (Fsp3) is 0.278. The van der Waals surface area contributed by atoms with Gasteiger partial charge in [-0.15, -0.1) is 0 Å². The Morgan fingerprint density at radius 3 is 2.46 bits per heavy atom. The minimum Gasteiger partial charge on any atom is -0.494 e. The van der Waals surface area contributed by atoms with E-state index in [1.165, 1.54) is 39.4 Å². The maximum Gasteiger partial charge on any atom is 0.242 e. The van der Waals surface area contributed by atoms with Crippen LogP contribution in [0.5, 0.6) is 5.75 Å². The second kappa shape index (κ2) is 7.84. The zero-order chi connectivity index (χ0) is 19.5. The third-order valence-corrected chi connectivity index (χ3v) is 5.77. The molecule has 0 bridgehead atoms. The Morgan fingerprint density at radius 2 is 1.88 bits per heavy atom. The molecule has 0 fully saturated rings. The van der Waals surface area contributed by atoms with E-state index in [2.05, 4.69) is 5.32 Å². The molecule has 0 aliphatic rings. The molecule has 0 saturated carbocycles. The monoisotopic (exact) mass is 380 g/mol. The summed E-state index contributed by atoms with van der Waals surface area (Å²) in [7, 11) is 0.629. The van der Waals surface area contributed by atoms with Gasteiger partial charge >= 0.3 is 0 Å². The number of benzene rings is 2. The van der Waals surface area contributed by atoms with Gasteiger partial charge in [0.2, 0.25) is 15.9 Å². The van der Waals surface area contributed by atoms with Gasteiger partial charge < -0.3 is 10.1 Å². The molecule has 1 N–H and O–H groups in total. The first-order valence-corrected chi connectivity index (χ1v) is 9.24. The molecule has 0 atom stereocenters. The lowest BCUT2D eigenvalue weighted by Gasteiger charge is -2.15. The Bertz CT molecular complexity index is 927. The van der Waals surface area contributed by atoms with Gasteiger partial charge in [0.05, 0.1) is 18.4 Å². The van der Waals surface area contributed by atoms with E-state index in [1.54, 1.807) is 25.1 Å². The van der Waals surface area contributed by atoms with Crippen molar-refractivity contribution in [1.82, 2.24) is 4.31 Å². The molecule has 0 aromatic heterocycles. The number of ether oxygens (including phenoxy) is 1. The normalized spacial score (nSPS) is 11.5. The number of rotatable bonds is 6. The minimum atomic E-state index is -3.62. The molecule has 0 aliphatic heterocycles. The molecular formula is C18H21FN2O4S. The van der Waals surface area contributed by atoms with E-state index in [0.29, 0.717) is 16.8 Å². The van der Waals surface area contributed by atoms with Crippen molar-refractivity contribution in [3.8, 4) is 5.75 Å². The Labute approximate surface area is 152 Å². The summed E-state index contributed by atoms with van der Waals surface area (Å²) in [4.78, 5) is 12.3. The summed E-state index contributed by atoms with van der Waals surface area (Å²) in [5.41, 5.74) is 1.41. The topological polar surface area (TPSA) is 75.7 Å². The third-order valence-electron chi connectivity index (χ3n) is 3.81. The predicted octanol–water partition coefficient (Wildman–Crippen LogP) is 2.57. The molecule has 0 radical (unpaired) electrons. The quantitative estimate of drug-likeness (QED) is 0.836. The molecule has 2 aromatic carbocycles. The largest absolute Gasteiger partial charge is 0.494 e. The first kappa shape index (κ1) is 19.9. The number of anilines is 1. The highest BCUT2D eigenvalue weighted by Crippen LogP contribution is 2.23. The average Bonchev–Trinajstić information content (AvgIpc) is 2.56. The third kappa shape index (κ3) is 4.39. The van der Waals surface area contributed by atoms with Gasteiger partial charge in [-0.25, -0.2) is 17.1 Å². The number of halogens is 1. The van der Waals surface area contributed by atoms with E-state index in [-0.39, 0.29) is 23.0 Å². The van der Waals surface area contributed by atoms with Crippen molar-refractivity contribution in [3.63, 3.8) is 0 Å². The van der Waals surface area contributed by atoms with Crippen LogP contribution in [-0.2, 0) is 21.2 Å². The van der Waals surface area contributed by atoms with E-state index in [0.717, 1.165) is 4.31 Å². The summed E-state index contributed by atoms with van der Waals surface area (Å²) in [5, 5.41) is 2.64. The van der Waals surface area contributed by atoms with Gasteiger partial charge in [0.25, 0.3) is 0 Å². The number of hydrogen-bond acceptors (Lipinski definition) is 4. The molecule has 6 nitrogen and oxygen atoms in total. The second-order valence-corrected chi connectivity index (χ2v) is 8.08. The van der Waals surface area contributed by atoms with Gasteiger partial charge in [-0.05, 0) is 42.3 Å². The lowest BCUT2D eigenvalue weighted by molar-refractivity contribution is -0.115. The first-order valence-electron chi connectivity index (χ1n) is 7.80. The lowest BCUT2D eigenvalue weighted by atomic mass is 10.1. The van der Waals surface area contributed by atoms with Crippen LogP contribution in [0.25, 0.3) is 0 Å². The number of amides is 1. The van der Waals surface area contributed by atoms with Crippen LogP contribution < -0.4 is 10.1 Å². The van der Waals surface area contributed by atoms with Gasteiger partial charge in [-0.2, -0.15) is 0 Å². The summed E-state index contributed by atoms with van der Waals surface area (Å²) in [6.45, 7) is 1.68. The Morgan fingerprint density at radius 1 is 1.19 bits per heavy atom. The van der Waals surface area contributed by atoms with Crippen LogP contribution in [0, 0.1) is 12.7 Å². The Balaban J connectivity index is 2.18. The van der Waals surface area contributed by atoms with Crippen molar-refractivity contribution in [2.75, 3.05) is 26.5 Å². The predicted molar refractivity (Wildman–Crippen MR) is 97.3 cm³/mol. The SMILES string of the molecule is COc1ccc(CC(=O)Nc2ccc(C)c(S(=O)(=O)N(C)C)c2)cc1F. The van der Waals surface area contributed by atoms with Gasteiger partial charge in [-0.1, -0.05) is 12.1 Å². The zero-order valence-corrected chi connectivity index (χ0v) is 15.9. The summed E-state index contributed by atoms with van der Waals surface area (Å²) in [6.07, 6.45) is -0.0510. The number of carbonyl (C=O) groups is 1. The van der Waals surface area contributed by atoms with Crippen molar-refractivity contribution in [2.24, 2.45) is 0 Å². The van der Waals surface area contributed by atoms with Crippen molar-refractivity contribution >= 4 is 21.6 Å². The average molecular weight is 380 g/mol. The van der Waals surface area contributed by atoms with E-state index >= 15 is 0 Å². The molecule has 0 aliphatic carbocycles. The number of nitrogens with zero attached hydrogens (tertiary/aromatic N) is 1. The molecule has 0 unspecified atom stereocenters. The molecule has 0 heterocycles. The number of hydrogen-bond donors (Lipinski definition) is 1. The maximum absolute atomic E-state index is 13.7. The van der Waals surface area contributed by atoms with Crippen LogP contribution in [-0.4, -0.2) is 39.8 Å². The van der Waals surface area contributed by atoms with Crippen LogP contribution >= 0.6 is 0 Å². The molecule has 8 heteroatoms. The summed E-state index contributed by atoms with van der Waals surface area (Å²) >= 11 is 0. The summed E-state index contributed by atoms with van der Waals surface area (Å²) < 4.78 is 44.3. The first-order chi connectivity index (χ1) is 12.1. The van der Waals surface area contributed by atoms with E-state index < -0.39 is 15.8 Å². The second-order valence-electron chi connectivity index (χ2n) is 5.96. The van der Waals surface area contributed by atoms with Gasteiger partial charge in [-0.3, -0.25) is 4.79 Å². The van der Waals surface area contributed by atoms with Crippen LogP contribution in [0.3, 0.4) is 0 Å². The molecule has 0 spiro atoms. The standard InChI is InChI=1S/C18H21FN2O4S/c1-12-5-7-14(11-17(12)26(23,24)21(2)3)20-18(22)10-13-6-8-16(25-4)15(19)9-13/h5-9,11H,10H2,1-4H3,(H,20,22). The Kier molecular flexibility index (Phi) is 5.99. The number of carbonyl (C=O) groups excluding carboxylic acids is 1. The lowest BCUT2D eigenvalue weighted by Crippen LogP contribution is -2.23. The molecule has 26 heavy (non-hydrogen) atoms. The van der Waals surface area contributed by atoms with Crippen molar-refractivity contribution in [2.45, 2.75) is 18.2 Å². The van der Waals surface area contributed by atoms with Crippen LogP contribution in [0.1, 0.15) is 11.1 Å². The molecule has 2 rings (SSSR count). The van der Waals surface area contributed by atoms with Crippen LogP contribution in [0.15, 0.2) is 41.3 Å². The van der Waals surface area contributed by atoms with Gasteiger partial charge in [0.1, 0.15) is 0 Å². The zero-order valence-electron chi connectivity index (χ0n) is 15.0. The fourth-order valence-electron chi connectivity index (χ4n) is 2.36. The van der Waals surface area contributed by atoms with Gasteiger partial charge in [0, 0.05) is 19.8 Å². The molecule has 0 saturated heterocycles. The smallest absolute Gasteiger partial charge is 0.242 e. The highest BCUT2D eigenvalue weighted by atomic mass is 32.2. The van der Waals surface area contributed by atoms with Crippen LogP contribution in [0.2, 0.25) is 0 Å². The highest BCUT2D eigenvalue weighted by molar-refractivity contribution is 7.89. The molecule has 2 aromatic rings. The molecule has 1 amide bonds. The number of aryl methyl sites for hydroxylation is 1. The van der Waals surface area contributed by atoms with E-state index in [4.69, 9.17) is 4.74 Å². The van der Waals surface area contributed by atoms with E-state index in [1.807, 2.05) is 0 Å². The van der Waals surface area contributed by atoms with Crippen molar-refractivity contribution < 1.29 is 22.3 Å². The summed E-state index contributed by atoms with van der Waals surface area (Å²) in [5.74, 6) is -0.828. The summed E-state index contributed by atoms with van der Waals surface area (Å²) in [6, 6.07) is 8.94. The Hall–Kier alpha value is -2.45. The molecule has 140 valence electrons.